The molecule has 7 heteroatoms. The first-order chi connectivity index (χ1) is 12.5. The summed E-state index contributed by atoms with van der Waals surface area (Å²) in [6, 6.07) is 13.0. The molecule has 1 aromatic heterocycles. The van der Waals surface area contributed by atoms with Gasteiger partial charge in [-0.1, -0.05) is 18.2 Å². The van der Waals surface area contributed by atoms with Crippen molar-refractivity contribution >= 4 is 5.91 Å². The Balaban J connectivity index is 1.65. The second-order valence-electron chi connectivity index (χ2n) is 6.26. The van der Waals surface area contributed by atoms with Crippen LogP contribution in [0.4, 0.5) is 0 Å². The van der Waals surface area contributed by atoms with Crippen molar-refractivity contribution in [1.82, 2.24) is 14.7 Å². The average Bonchev–Trinajstić information content (AvgIpc) is 2.97. The zero-order valence-corrected chi connectivity index (χ0v) is 13.8. The average molecular weight is 351 g/mol. The van der Waals surface area contributed by atoms with E-state index < -0.39 is 0 Å². The summed E-state index contributed by atoms with van der Waals surface area (Å²) < 4.78 is 1.48. The SMILES string of the molecule is O=C(c1cc(O)cc(O)c1)N1CCc2[nH]n(-c3ccccc3)c(=O)c2C1. The minimum absolute atomic E-state index is 0.178. The topological polar surface area (TPSA) is 98.6 Å². The highest BCUT2D eigenvalue weighted by atomic mass is 16.3. The molecule has 0 saturated carbocycles. The predicted molar refractivity (Wildman–Crippen MR) is 94.6 cm³/mol. The number of rotatable bonds is 2. The van der Waals surface area contributed by atoms with Gasteiger partial charge in [-0.15, -0.1) is 0 Å². The molecule has 26 heavy (non-hydrogen) atoms. The number of amides is 1. The van der Waals surface area contributed by atoms with Crippen LogP contribution in [-0.4, -0.2) is 37.3 Å². The first-order valence-electron chi connectivity index (χ1n) is 8.23. The number of fused-ring (bicyclic) bond motifs is 1. The van der Waals surface area contributed by atoms with Crippen LogP contribution < -0.4 is 5.56 Å². The fraction of sp³-hybridized carbons (Fsp3) is 0.158. The summed E-state index contributed by atoms with van der Waals surface area (Å²) in [6.45, 7) is 0.622. The normalized spacial score (nSPS) is 13.5. The zero-order valence-electron chi connectivity index (χ0n) is 13.8. The lowest BCUT2D eigenvalue weighted by molar-refractivity contribution is 0.0733. The molecule has 0 saturated heterocycles. The molecule has 1 aliphatic heterocycles. The summed E-state index contributed by atoms with van der Waals surface area (Å²) in [5.74, 6) is -0.702. The minimum Gasteiger partial charge on any atom is -0.508 e. The molecule has 1 amide bonds. The quantitative estimate of drug-likeness (QED) is 0.655. The molecule has 0 unspecified atom stereocenters. The molecule has 0 aliphatic carbocycles. The molecular formula is C19H17N3O4. The van der Waals surface area contributed by atoms with E-state index in [2.05, 4.69) is 5.10 Å². The number of carbonyl (C=O) groups is 1. The number of nitrogens with one attached hydrogen (secondary N) is 1. The number of hydrogen-bond donors (Lipinski definition) is 3. The number of phenolic OH excluding ortho intramolecular Hbond substituents is 2. The van der Waals surface area contributed by atoms with Crippen LogP contribution in [0.3, 0.4) is 0 Å². The maximum atomic E-state index is 12.7. The van der Waals surface area contributed by atoms with Crippen molar-refractivity contribution in [3.63, 3.8) is 0 Å². The Morgan fingerprint density at radius 3 is 2.42 bits per heavy atom. The standard InChI is InChI=1S/C19H17N3O4/c23-14-8-12(9-15(24)10-14)18(25)21-7-6-17-16(11-21)19(26)22(20-17)13-4-2-1-3-5-13/h1-5,8-10,20,23-24H,6-7,11H2. The van der Waals surface area contributed by atoms with Crippen molar-refractivity contribution in [3.8, 4) is 17.2 Å². The Kier molecular flexibility index (Phi) is 3.76. The number of H-pyrrole nitrogens is 1. The summed E-state index contributed by atoms with van der Waals surface area (Å²) in [5.41, 5.74) is 2.12. The third-order valence-electron chi connectivity index (χ3n) is 4.50. The minimum atomic E-state index is -0.339. The lowest BCUT2D eigenvalue weighted by Crippen LogP contribution is -2.37. The Morgan fingerprint density at radius 1 is 1.04 bits per heavy atom. The van der Waals surface area contributed by atoms with Crippen LogP contribution in [0.2, 0.25) is 0 Å². The van der Waals surface area contributed by atoms with Crippen molar-refractivity contribution in [3.05, 3.63) is 75.7 Å². The molecule has 3 N–H and O–H groups in total. The van der Waals surface area contributed by atoms with E-state index in [0.29, 0.717) is 18.5 Å². The molecular weight excluding hydrogens is 334 g/mol. The molecule has 132 valence electrons. The first-order valence-corrected chi connectivity index (χ1v) is 8.23. The lowest BCUT2D eigenvalue weighted by atomic mass is 10.1. The number of aromatic nitrogens is 2. The van der Waals surface area contributed by atoms with Crippen molar-refractivity contribution < 1.29 is 15.0 Å². The van der Waals surface area contributed by atoms with Gasteiger partial charge in [0, 0.05) is 30.3 Å². The molecule has 7 nitrogen and oxygen atoms in total. The van der Waals surface area contributed by atoms with Gasteiger partial charge in [0.15, 0.2) is 0 Å². The van der Waals surface area contributed by atoms with E-state index in [4.69, 9.17) is 0 Å². The number of para-hydroxylation sites is 1. The summed E-state index contributed by atoms with van der Waals surface area (Å²) >= 11 is 0. The maximum Gasteiger partial charge on any atom is 0.276 e. The monoisotopic (exact) mass is 351 g/mol. The van der Waals surface area contributed by atoms with E-state index in [1.807, 2.05) is 30.3 Å². The molecule has 0 atom stereocenters. The Morgan fingerprint density at radius 2 is 1.73 bits per heavy atom. The smallest absolute Gasteiger partial charge is 0.276 e. The second kappa shape index (κ2) is 6.11. The number of aromatic hydroxyl groups is 2. The van der Waals surface area contributed by atoms with Gasteiger partial charge in [0.2, 0.25) is 0 Å². The number of phenols is 2. The van der Waals surface area contributed by atoms with Gasteiger partial charge in [-0.2, -0.15) is 0 Å². The van der Waals surface area contributed by atoms with Gasteiger partial charge in [-0.25, -0.2) is 4.68 Å². The molecule has 0 radical (unpaired) electrons. The van der Waals surface area contributed by atoms with E-state index in [9.17, 15) is 19.8 Å². The van der Waals surface area contributed by atoms with Gasteiger partial charge in [-0.3, -0.25) is 14.7 Å². The summed E-state index contributed by atoms with van der Waals surface area (Å²) in [5, 5.41) is 22.3. The molecule has 0 fully saturated rings. The van der Waals surface area contributed by atoms with Crippen LogP contribution in [0.25, 0.3) is 5.69 Å². The Labute approximate surface area is 148 Å². The Hall–Kier alpha value is -3.48. The van der Waals surface area contributed by atoms with E-state index in [1.165, 1.54) is 16.8 Å². The van der Waals surface area contributed by atoms with Crippen LogP contribution >= 0.6 is 0 Å². The van der Waals surface area contributed by atoms with Crippen LogP contribution in [-0.2, 0) is 13.0 Å². The number of nitrogens with zero attached hydrogens (tertiary/aromatic N) is 2. The van der Waals surface area contributed by atoms with E-state index >= 15 is 0 Å². The molecule has 2 heterocycles. The Bertz CT molecular complexity index is 1020. The highest BCUT2D eigenvalue weighted by molar-refractivity contribution is 5.95. The highest BCUT2D eigenvalue weighted by Gasteiger charge is 2.27. The van der Waals surface area contributed by atoms with Gasteiger partial charge < -0.3 is 15.1 Å². The van der Waals surface area contributed by atoms with E-state index in [0.717, 1.165) is 17.4 Å². The number of aromatic amines is 1. The fourth-order valence-corrected chi connectivity index (χ4v) is 3.24. The van der Waals surface area contributed by atoms with Crippen molar-refractivity contribution in [2.75, 3.05) is 6.54 Å². The van der Waals surface area contributed by atoms with Crippen LogP contribution in [0.5, 0.6) is 11.5 Å². The second-order valence-corrected chi connectivity index (χ2v) is 6.26. The number of carbonyl (C=O) groups excluding carboxylic acids is 1. The molecule has 0 bridgehead atoms. The summed E-state index contributed by atoms with van der Waals surface area (Å²) in [7, 11) is 0. The third kappa shape index (κ3) is 2.73. The molecule has 0 spiro atoms. The molecule has 1 aliphatic rings. The molecule has 3 aromatic rings. The lowest BCUT2D eigenvalue weighted by Gasteiger charge is -2.26. The first kappa shape index (κ1) is 16.0. The van der Waals surface area contributed by atoms with Gasteiger partial charge in [-0.05, 0) is 24.3 Å². The van der Waals surface area contributed by atoms with Crippen LogP contribution in [0.15, 0.2) is 53.3 Å². The van der Waals surface area contributed by atoms with Crippen LogP contribution in [0.1, 0.15) is 21.6 Å². The van der Waals surface area contributed by atoms with Gasteiger partial charge in [0.25, 0.3) is 11.5 Å². The molecule has 2 aromatic carbocycles. The van der Waals surface area contributed by atoms with Crippen molar-refractivity contribution in [2.24, 2.45) is 0 Å². The largest absolute Gasteiger partial charge is 0.508 e. The van der Waals surface area contributed by atoms with Crippen molar-refractivity contribution in [1.29, 1.82) is 0 Å². The third-order valence-corrected chi connectivity index (χ3v) is 4.50. The van der Waals surface area contributed by atoms with E-state index in [1.54, 1.807) is 4.90 Å². The van der Waals surface area contributed by atoms with Gasteiger partial charge >= 0.3 is 0 Å². The maximum absolute atomic E-state index is 12.7. The molecule has 4 rings (SSSR count). The fourth-order valence-electron chi connectivity index (χ4n) is 3.24. The number of hydrogen-bond acceptors (Lipinski definition) is 4. The number of benzene rings is 2. The van der Waals surface area contributed by atoms with E-state index in [-0.39, 0.29) is 35.1 Å². The highest BCUT2D eigenvalue weighted by Crippen LogP contribution is 2.23. The zero-order chi connectivity index (χ0) is 18.3. The van der Waals surface area contributed by atoms with Crippen molar-refractivity contribution in [2.45, 2.75) is 13.0 Å². The van der Waals surface area contributed by atoms with Crippen LogP contribution in [0, 0.1) is 0 Å². The van der Waals surface area contributed by atoms with Gasteiger partial charge in [0.1, 0.15) is 11.5 Å². The predicted octanol–water partition coefficient (Wildman–Crippen LogP) is 1.78. The van der Waals surface area contributed by atoms with Gasteiger partial charge in [0.05, 0.1) is 17.8 Å². The summed E-state index contributed by atoms with van der Waals surface area (Å²) in [4.78, 5) is 27.0. The summed E-state index contributed by atoms with van der Waals surface area (Å²) in [6.07, 6.45) is 0.529.